The molecule has 2 aromatic carbocycles. The van der Waals surface area contributed by atoms with E-state index in [9.17, 15) is 10.2 Å². The molecule has 0 aliphatic rings. The second-order valence-corrected chi connectivity index (χ2v) is 3.56. The molecule has 18 heavy (non-hydrogen) atoms. The van der Waals surface area contributed by atoms with E-state index >= 15 is 0 Å². The van der Waals surface area contributed by atoms with Crippen molar-refractivity contribution in [2.45, 2.75) is 13.8 Å². The van der Waals surface area contributed by atoms with Crippen LogP contribution in [0.5, 0.6) is 0 Å². The monoisotopic (exact) mass is 319 g/mol. The molecule has 0 aliphatic heterocycles. The number of hydrogen-bond acceptors (Lipinski definition) is 2. The van der Waals surface area contributed by atoms with Gasteiger partial charge in [-0.05, 0) is 0 Å². The molecule has 0 bridgehead atoms. The molecule has 0 fully saturated rings. The molecule has 2 nitrogen and oxygen atoms in total. The van der Waals surface area contributed by atoms with Crippen LogP contribution in [-0.2, 0) is 26.2 Å². The number of allylic oxidation sites excluding steroid dienone is 2. The van der Waals surface area contributed by atoms with Crippen molar-refractivity contribution in [2.24, 2.45) is 0 Å². The second kappa shape index (κ2) is 10.9. The molecular formula is C15H17O2Zr. The molecular weight excluding hydrogens is 303 g/mol. The van der Waals surface area contributed by atoms with Crippen molar-refractivity contribution in [3.05, 3.63) is 67.1 Å². The Bertz CT molecular complexity index is 422. The third kappa shape index (κ3) is 11.3. The van der Waals surface area contributed by atoms with Gasteiger partial charge in [0.05, 0.1) is 0 Å². The van der Waals surface area contributed by atoms with E-state index in [0.29, 0.717) is 0 Å². The zero-order chi connectivity index (χ0) is 13.3. The molecule has 3 heteroatoms. The van der Waals surface area contributed by atoms with E-state index in [4.69, 9.17) is 0 Å². The molecule has 0 N–H and O–H groups in total. The number of hydrogen-bond donors (Lipinski definition) is 0. The molecule has 0 aliphatic carbocycles. The minimum atomic E-state index is -0.0833. The van der Waals surface area contributed by atoms with Crippen LogP contribution in [0.25, 0.3) is 10.8 Å². The van der Waals surface area contributed by atoms with Gasteiger partial charge in [-0.25, -0.2) is 0 Å². The average Bonchev–Trinajstić information content (AvgIpc) is 2.62. The first kappa shape index (κ1) is 19.1. The Balaban J connectivity index is 0. The van der Waals surface area contributed by atoms with Crippen molar-refractivity contribution in [2.75, 3.05) is 0 Å². The van der Waals surface area contributed by atoms with E-state index in [-0.39, 0.29) is 37.7 Å². The number of rotatable bonds is 0. The average molecular weight is 321 g/mol. The van der Waals surface area contributed by atoms with Crippen LogP contribution in [0.4, 0.5) is 0 Å². The van der Waals surface area contributed by atoms with Crippen LogP contribution in [0.2, 0.25) is 0 Å². The fourth-order valence-electron chi connectivity index (χ4n) is 1.07. The van der Waals surface area contributed by atoms with Crippen LogP contribution in [-0.4, -0.2) is 0 Å². The first-order valence-corrected chi connectivity index (χ1v) is 5.19. The van der Waals surface area contributed by atoms with E-state index < -0.39 is 0 Å². The van der Waals surface area contributed by atoms with Gasteiger partial charge in [0.1, 0.15) is 0 Å². The predicted molar refractivity (Wildman–Crippen MR) is 69.2 cm³/mol. The zero-order valence-electron chi connectivity index (χ0n) is 10.8. The van der Waals surface area contributed by atoms with Gasteiger partial charge in [0.25, 0.3) is 0 Å². The van der Waals surface area contributed by atoms with Gasteiger partial charge in [0.15, 0.2) is 0 Å². The summed E-state index contributed by atoms with van der Waals surface area (Å²) in [4.78, 5) is 0. The molecule has 0 saturated heterocycles. The van der Waals surface area contributed by atoms with Gasteiger partial charge in [-0.15, -0.1) is 54.3 Å². The van der Waals surface area contributed by atoms with E-state index in [2.05, 4.69) is 55.6 Å². The summed E-state index contributed by atoms with van der Waals surface area (Å²) in [7, 11) is 0. The maximum absolute atomic E-state index is 9.33. The Morgan fingerprint density at radius 3 is 1.89 bits per heavy atom. The van der Waals surface area contributed by atoms with E-state index in [1.165, 1.54) is 24.6 Å². The van der Waals surface area contributed by atoms with Crippen LogP contribution in [0.15, 0.2) is 67.1 Å². The van der Waals surface area contributed by atoms with E-state index in [1.54, 1.807) is 0 Å². The summed E-state index contributed by atoms with van der Waals surface area (Å²) in [5.74, 6) is -0.167. The molecule has 93 valence electrons. The molecule has 0 spiro atoms. The Hall–Kier alpha value is -1.21. The first-order chi connectivity index (χ1) is 7.93. The van der Waals surface area contributed by atoms with Gasteiger partial charge in [0, 0.05) is 0 Å². The van der Waals surface area contributed by atoms with Gasteiger partial charge in [-0.2, -0.15) is 17.5 Å². The maximum atomic E-state index is 9.33. The molecule has 1 radical (unpaired) electrons. The summed E-state index contributed by atoms with van der Waals surface area (Å²) >= 11 is 0. The van der Waals surface area contributed by atoms with Crippen LogP contribution in [0.1, 0.15) is 13.8 Å². The minimum absolute atomic E-state index is 0. The van der Waals surface area contributed by atoms with Crippen LogP contribution < -0.4 is 10.2 Å². The predicted octanol–water partition coefficient (Wildman–Crippen LogP) is 2.32. The topological polar surface area (TPSA) is 46.1 Å². The van der Waals surface area contributed by atoms with Gasteiger partial charge >= 0.3 is 26.2 Å². The third-order valence-corrected chi connectivity index (χ3v) is 1.55. The number of fused-ring (bicyclic) bond motifs is 1. The molecule has 0 aromatic heterocycles. The largest absolute Gasteiger partial charge is 3.00 e. The molecule has 2 aromatic rings. The van der Waals surface area contributed by atoms with Crippen molar-refractivity contribution in [3.63, 3.8) is 0 Å². The van der Waals surface area contributed by atoms with Gasteiger partial charge in [0.2, 0.25) is 0 Å². The molecule has 2 rings (SSSR count). The van der Waals surface area contributed by atoms with E-state index in [1.807, 2.05) is 0 Å². The SMILES string of the molecule is C=C(C)[O-].C=C(C)[O-].[Zr+3].c1ccc2[cH-]ccc2c1. The van der Waals surface area contributed by atoms with Gasteiger partial charge in [-0.1, -0.05) is 19.9 Å². The summed E-state index contributed by atoms with van der Waals surface area (Å²) in [6, 6.07) is 14.7. The Kier molecular flexibility index (Phi) is 11.6. The van der Waals surface area contributed by atoms with Gasteiger partial charge < -0.3 is 10.2 Å². The van der Waals surface area contributed by atoms with Crippen molar-refractivity contribution in [1.29, 1.82) is 0 Å². The molecule has 0 saturated carbocycles. The Morgan fingerprint density at radius 2 is 1.44 bits per heavy atom. The summed E-state index contributed by atoms with van der Waals surface area (Å²) in [5, 5.41) is 21.3. The summed E-state index contributed by atoms with van der Waals surface area (Å²) < 4.78 is 0. The van der Waals surface area contributed by atoms with Crippen LogP contribution in [0.3, 0.4) is 0 Å². The molecule has 0 unspecified atom stereocenters. The number of benzene rings is 1. The van der Waals surface area contributed by atoms with Crippen molar-refractivity contribution in [1.82, 2.24) is 0 Å². The van der Waals surface area contributed by atoms with Crippen LogP contribution in [0, 0.1) is 0 Å². The Labute approximate surface area is 128 Å². The Morgan fingerprint density at radius 1 is 1.00 bits per heavy atom. The molecule has 0 amide bonds. The normalized spacial score (nSPS) is 7.89. The van der Waals surface area contributed by atoms with Crippen molar-refractivity contribution >= 4 is 10.8 Å². The quantitative estimate of drug-likeness (QED) is 0.552. The van der Waals surface area contributed by atoms with Crippen molar-refractivity contribution < 1.29 is 36.4 Å². The fraction of sp³-hybridized carbons (Fsp3) is 0.133. The maximum Gasteiger partial charge on any atom is 3.00 e. The van der Waals surface area contributed by atoms with Crippen molar-refractivity contribution in [3.8, 4) is 0 Å². The summed E-state index contributed by atoms with van der Waals surface area (Å²) in [5.41, 5.74) is 0. The first-order valence-electron chi connectivity index (χ1n) is 5.19. The molecule has 0 atom stereocenters. The summed E-state index contributed by atoms with van der Waals surface area (Å²) in [6.45, 7) is 8.83. The zero-order valence-corrected chi connectivity index (χ0v) is 13.2. The summed E-state index contributed by atoms with van der Waals surface area (Å²) in [6.07, 6.45) is 0. The van der Waals surface area contributed by atoms with E-state index in [0.717, 1.165) is 0 Å². The molecule has 0 heterocycles. The third-order valence-electron chi connectivity index (χ3n) is 1.55. The standard InChI is InChI=1S/C9H7.2C3H6O.Zr/c1-2-5-9-7-3-6-8(9)4-1;2*1-3(2)4;/h1-7H;2*4H,1H2,2H3;/q-1;;;+3/p-2. The minimum Gasteiger partial charge on any atom is -0.876 e. The second-order valence-electron chi connectivity index (χ2n) is 3.56. The van der Waals surface area contributed by atoms with Crippen LogP contribution >= 0.6 is 0 Å². The van der Waals surface area contributed by atoms with Gasteiger partial charge in [-0.3, -0.25) is 0 Å². The fourth-order valence-corrected chi connectivity index (χ4v) is 1.07. The smallest absolute Gasteiger partial charge is 0.876 e.